The second kappa shape index (κ2) is 8.20. The van der Waals surface area contributed by atoms with Gasteiger partial charge >= 0.3 is 0 Å². The summed E-state index contributed by atoms with van der Waals surface area (Å²) in [6, 6.07) is 0. The summed E-state index contributed by atoms with van der Waals surface area (Å²) < 4.78 is 0. The largest absolute Gasteiger partial charge is 1.00 e. The van der Waals surface area contributed by atoms with Gasteiger partial charge in [0, 0.05) is 65.6 Å². The van der Waals surface area contributed by atoms with Crippen LogP contribution < -0.4 is 27.7 Å². The Morgan fingerprint density at radius 2 is 1.27 bits per heavy atom. The normalized spacial score (nSPS) is 9.40. The predicted molar refractivity (Wildman–Crippen MR) is 29.2 cm³/mol. The molecule has 0 unspecified atom stereocenters. The fourth-order valence-corrected chi connectivity index (χ4v) is 0.684. The van der Waals surface area contributed by atoms with Gasteiger partial charge in [-0.3, -0.25) is 0 Å². The molecule has 0 amide bonds. The standard InChI is InChI=1S/C6H8O7.ClH.Nd/c7-3(8)1-6(13,5(11)12)2-4(9)10;;/h13H,1-2H2,(H,7,8)(H,9,10)(H,11,12);1H;/p-4. The van der Waals surface area contributed by atoms with E-state index < -0.39 is 36.4 Å². The second-order valence-corrected chi connectivity index (χ2v) is 2.42. The molecule has 0 spiro atoms. The Labute approximate surface area is 123 Å². The molecular weight excluding hydrogens is 364 g/mol. The number of carbonyl (C=O) groups excluding carboxylic acids is 3. The number of aliphatic hydroxyl groups is 1. The molecule has 0 aromatic carbocycles. The third kappa shape index (κ3) is 7.88. The van der Waals surface area contributed by atoms with E-state index in [9.17, 15) is 29.7 Å². The Bertz CT molecular complexity index is 238. The van der Waals surface area contributed by atoms with Gasteiger partial charge in [0.2, 0.25) is 0 Å². The third-order valence-corrected chi connectivity index (χ3v) is 1.25. The molecule has 0 saturated heterocycles. The Morgan fingerprint density at radius 1 is 1.00 bits per heavy atom. The van der Waals surface area contributed by atoms with Crippen LogP contribution in [0, 0.1) is 40.8 Å². The summed E-state index contributed by atoms with van der Waals surface area (Å²) in [5, 5.41) is 38.9. The smallest absolute Gasteiger partial charge is 0.114 e. The van der Waals surface area contributed by atoms with Crippen LogP contribution in [0.15, 0.2) is 0 Å². The molecule has 0 atom stereocenters. The molecule has 0 fully saturated rings. The van der Waals surface area contributed by atoms with Crippen LogP contribution in [-0.2, 0) is 14.4 Å². The summed E-state index contributed by atoms with van der Waals surface area (Å²) in [5.74, 6) is -5.98. The SMILES string of the molecule is O=C([O-])CC(O)(CC(=O)[O-])C(=O)[O-].[Cl-].[Nd]. The van der Waals surface area contributed by atoms with E-state index in [2.05, 4.69) is 0 Å². The Balaban J connectivity index is -0.000000720. The van der Waals surface area contributed by atoms with E-state index >= 15 is 0 Å². The van der Waals surface area contributed by atoms with Crippen molar-refractivity contribution in [2.75, 3.05) is 0 Å². The first kappa shape index (κ1) is 20.4. The minimum atomic E-state index is -2.97. The molecule has 0 radical (unpaired) electrons. The first-order valence-electron chi connectivity index (χ1n) is 3.11. The fourth-order valence-electron chi connectivity index (χ4n) is 0.684. The van der Waals surface area contributed by atoms with Crippen LogP contribution in [0.3, 0.4) is 0 Å². The quantitative estimate of drug-likeness (QED) is 0.508. The maximum atomic E-state index is 10.1. The molecule has 0 heterocycles. The van der Waals surface area contributed by atoms with Crippen molar-refractivity contribution in [1.29, 1.82) is 0 Å². The molecule has 0 aromatic rings. The summed E-state index contributed by atoms with van der Waals surface area (Å²) in [6.07, 6.45) is -2.72. The molecule has 86 valence electrons. The molecular formula is C6H5ClNdO7-4. The summed E-state index contributed by atoms with van der Waals surface area (Å²) in [7, 11) is 0. The van der Waals surface area contributed by atoms with Gasteiger partial charge < -0.3 is 47.2 Å². The van der Waals surface area contributed by atoms with Gasteiger partial charge in [-0.05, 0) is 0 Å². The number of aliphatic carboxylic acids is 3. The first-order valence-corrected chi connectivity index (χ1v) is 3.11. The number of halogens is 1. The van der Waals surface area contributed by atoms with E-state index in [0.717, 1.165) is 0 Å². The van der Waals surface area contributed by atoms with Crippen molar-refractivity contribution < 1.29 is 88.1 Å². The van der Waals surface area contributed by atoms with Crippen LogP contribution in [-0.4, -0.2) is 28.6 Å². The topological polar surface area (TPSA) is 141 Å². The Morgan fingerprint density at radius 3 is 1.40 bits per heavy atom. The van der Waals surface area contributed by atoms with Gasteiger partial charge in [0.25, 0.3) is 0 Å². The maximum absolute atomic E-state index is 10.1. The van der Waals surface area contributed by atoms with Gasteiger partial charge in [-0.2, -0.15) is 0 Å². The Kier molecular flexibility index (Phi) is 11.2. The third-order valence-electron chi connectivity index (χ3n) is 1.25. The summed E-state index contributed by atoms with van der Waals surface area (Å²) >= 11 is 0. The molecule has 15 heavy (non-hydrogen) atoms. The van der Waals surface area contributed by atoms with Gasteiger partial charge in [0.15, 0.2) is 0 Å². The van der Waals surface area contributed by atoms with Crippen LogP contribution in [0.2, 0.25) is 0 Å². The van der Waals surface area contributed by atoms with Gasteiger partial charge in [-0.25, -0.2) is 0 Å². The van der Waals surface area contributed by atoms with Gasteiger partial charge in [0.1, 0.15) is 5.60 Å². The van der Waals surface area contributed by atoms with E-state index in [0.29, 0.717) is 0 Å². The summed E-state index contributed by atoms with van der Waals surface area (Å²) in [6.45, 7) is 0. The van der Waals surface area contributed by atoms with Gasteiger partial charge in [0.05, 0.1) is 5.97 Å². The zero-order chi connectivity index (χ0) is 10.6. The monoisotopic (exact) mass is 366 g/mol. The van der Waals surface area contributed by atoms with Gasteiger partial charge in [-0.15, -0.1) is 0 Å². The Hall–Kier alpha value is 0.0106. The zero-order valence-corrected chi connectivity index (χ0v) is 11.2. The molecule has 1 N–H and O–H groups in total. The summed E-state index contributed by atoms with van der Waals surface area (Å²) in [4.78, 5) is 30.0. The number of rotatable bonds is 5. The predicted octanol–water partition coefficient (Wildman–Crippen LogP) is -8.25. The number of hydrogen-bond acceptors (Lipinski definition) is 7. The van der Waals surface area contributed by atoms with E-state index in [1.807, 2.05) is 0 Å². The molecule has 9 heteroatoms. The number of hydrogen-bond donors (Lipinski definition) is 1. The first-order chi connectivity index (χ1) is 5.78. The maximum Gasteiger partial charge on any atom is 0.114 e. The van der Waals surface area contributed by atoms with Crippen molar-refractivity contribution in [3.63, 3.8) is 0 Å². The van der Waals surface area contributed by atoms with Gasteiger partial charge in [-0.1, -0.05) is 0 Å². The molecule has 7 nitrogen and oxygen atoms in total. The molecule has 0 bridgehead atoms. The fraction of sp³-hybridized carbons (Fsp3) is 0.500. The number of carbonyl (C=O) groups is 3. The van der Waals surface area contributed by atoms with Crippen LogP contribution in [0.4, 0.5) is 0 Å². The molecule has 0 saturated carbocycles. The van der Waals surface area contributed by atoms with E-state index in [4.69, 9.17) is 5.11 Å². The van der Waals surface area contributed by atoms with Crippen molar-refractivity contribution >= 4 is 17.9 Å². The van der Waals surface area contributed by atoms with Crippen molar-refractivity contribution in [3.05, 3.63) is 0 Å². The van der Waals surface area contributed by atoms with Crippen molar-refractivity contribution in [1.82, 2.24) is 0 Å². The minimum absolute atomic E-state index is 0. The summed E-state index contributed by atoms with van der Waals surface area (Å²) in [5.41, 5.74) is -2.97. The van der Waals surface area contributed by atoms with E-state index in [1.165, 1.54) is 0 Å². The van der Waals surface area contributed by atoms with Crippen molar-refractivity contribution in [3.8, 4) is 0 Å². The molecule has 0 aromatic heterocycles. The average molecular weight is 369 g/mol. The molecule has 0 aliphatic heterocycles. The van der Waals surface area contributed by atoms with Crippen LogP contribution in [0.5, 0.6) is 0 Å². The average Bonchev–Trinajstić information content (AvgIpc) is 1.82. The zero-order valence-electron chi connectivity index (χ0n) is 7.19. The minimum Gasteiger partial charge on any atom is -1.00 e. The van der Waals surface area contributed by atoms with Crippen molar-refractivity contribution in [2.45, 2.75) is 18.4 Å². The second-order valence-electron chi connectivity index (χ2n) is 2.42. The number of carboxylic acids is 3. The molecule has 0 rings (SSSR count). The van der Waals surface area contributed by atoms with Crippen LogP contribution >= 0.6 is 0 Å². The molecule has 0 aliphatic rings. The van der Waals surface area contributed by atoms with Crippen molar-refractivity contribution in [2.24, 2.45) is 0 Å². The van der Waals surface area contributed by atoms with E-state index in [1.54, 1.807) is 0 Å². The van der Waals surface area contributed by atoms with Crippen LogP contribution in [0.25, 0.3) is 0 Å². The van der Waals surface area contributed by atoms with E-state index in [-0.39, 0.29) is 53.2 Å². The number of carboxylic acid groups (broad SMARTS) is 3. The molecule has 0 aliphatic carbocycles. The van der Waals surface area contributed by atoms with Crippen LogP contribution in [0.1, 0.15) is 12.8 Å².